The predicted molar refractivity (Wildman–Crippen MR) is 85.3 cm³/mol. The van der Waals surface area contributed by atoms with Gasteiger partial charge in [0.05, 0.1) is 5.69 Å². The van der Waals surface area contributed by atoms with Gasteiger partial charge in [-0.15, -0.1) is 11.3 Å². The average Bonchev–Trinajstić information content (AvgIpc) is 2.94. The Morgan fingerprint density at radius 1 is 1.38 bits per heavy atom. The fourth-order valence-electron chi connectivity index (χ4n) is 3.64. The van der Waals surface area contributed by atoms with Crippen LogP contribution in [0.3, 0.4) is 0 Å². The highest BCUT2D eigenvalue weighted by atomic mass is 32.1. The van der Waals surface area contributed by atoms with Gasteiger partial charge in [-0.05, 0) is 38.0 Å². The highest BCUT2D eigenvalue weighted by molar-refractivity contribution is 7.15. The Morgan fingerprint density at radius 3 is 3.00 bits per heavy atom. The van der Waals surface area contributed by atoms with Gasteiger partial charge in [0.25, 0.3) is 0 Å². The number of carboxylic acid groups (broad SMARTS) is 1. The van der Waals surface area contributed by atoms with Crippen molar-refractivity contribution >= 4 is 22.4 Å². The molecule has 0 aromatic carbocycles. The zero-order valence-electron chi connectivity index (χ0n) is 12.7. The fourth-order valence-corrected chi connectivity index (χ4v) is 4.83. The molecular weight excluding hydrogens is 284 g/mol. The molecule has 3 rings (SSSR count). The fraction of sp³-hybridized carbons (Fsp3) is 0.750. The van der Waals surface area contributed by atoms with Crippen LogP contribution in [0.5, 0.6) is 0 Å². The van der Waals surface area contributed by atoms with Crippen LogP contribution in [0.2, 0.25) is 0 Å². The Balaban J connectivity index is 1.71. The van der Waals surface area contributed by atoms with Crippen molar-refractivity contribution in [3.63, 3.8) is 0 Å². The van der Waals surface area contributed by atoms with Crippen molar-refractivity contribution in [1.29, 1.82) is 0 Å². The zero-order valence-corrected chi connectivity index (χ0v) is 13.5. The van der Waals surface area contributed by atoms with E-state index in [0.717, 1.165) is 42.7 Å². The van der Waals surface area contributed by atoms with Gasteiger partial charge in [-0.3, -0.25) is 4.79 Å². The number of hydrogen-bond donors (Lipinski definition) is 1. The first-order chi connectivity index (χ1) is 10.2. The maximum absolute atomic E-state index is 11.3. The Labute approximate surface area is 130 Å². The van der Waals surface area contributed by atoms with Crippen LogP contribution in [0.4, 0.5) is 5.13 Å². The topological polar surface area (TPSA) is 53.4 Å². The number of carboxylic acids is 1. The Kier molecular flexibility index (Phi) is 4.48. The number of nitrogens with zero attached hydrogens (tertiary/aromatic N) is 2. The average molecular weight is 308 g/mol. The Hall–Kier alpha value is -1.10. The van der Waals surface area contributed by atoms with E-state index < -0.39 is 5.97 Å². The Morgan fingerprint density at radius 2 is 2.24 bits per heavy atom. The lowest BCUT2D eigenvalue weighted by Gasteiger charge is -2.19. The van der Waals surface area contributed by atoms with Crippen LogP contribution in [-0.2, 0) is 11.2 Å². The minimum Gasteiger partial charge on any atom is -0.481 e. The molecule has 2 heterocycles. The summed E-state index contributed by atoms with van der Waals surface area (Å²) in [5.74, 6) is -0.229. The van der Waals surface area contributed by atoms with Gasteiger partial charge in [0.2, 0.25) is 0 Å². The van der Waals surface area contributed by atoms with Crippen molar-refractivity contribution in [3.05, 3.63) is 10.6 Å². The third kappa shape index (κ3) is 3.07. The highest BCUT2D eigenvalue weighted by Gasteiger charge is 2.33. The molecule has 2 unspecified atom stereocenters. The first-order valence-corrected chi connectivity index (χ1v) is 8.98. The molecule has 2 atom stereocenters. The van der Waals surface area contributed by atoms with E-state index in [-0.39, 0.29) is 5.92 Å². The smallest absolute Gasteiger partial charge is 0.312 e. The van der Waals surface area contributed by atoms with E-state index in [1.165, 1.54) is 37.0 Å². The second-order valence-corrected chi connectivity index (χ2v) is 7.37. The van der Waals surface area contributed by atoms with E-state index in [9.17, 15) is 9.90 Å². The van der Waals surface area contributed by atoms with Gasteiger partial charge >= 0.3 is 5.97 Å². The van der Waals surface area contributed by atoms with E-state index in [2.05, 4.69) is 11.8 Å². The summed E-state index contributed by atoms with van der Waals surface area (Å²) in [5, 5.41) is 10.3. The summed E-state index contributed by atoms with van der Waals surface area (Å²) < 4.78 is 0. The van der Waals surface area contributed by atoms with Gasteiger partial charge in [0.1, 0.15) is 5.92 Å². The molecule has 0 spiro atoms. The first-order valence-electron chi connectivity index (χ1n) is 8.16. The lowest BCUT2D eigenvalue weighted by molar-refractivity contribution is -0.138. The highest BCUT2D eigenvalue weighted by Crippen LogP contribution is 2.40. The SMILES string of the molecule is CCCC1CCCN(c2nc3c(s2)CCC3C(=O)O)CC1. The summed E-state index contributed by atoms with van der Waals surface area (Å²) in [6, 6.07) is 0. The molecule has 1 N–H and O–H groups in total. The summed E-state index contributed by atoms with van der Waals surface area (Å²) in [5.41, 5.74) is 0.844. The van der Waals surface area contributed by atoms with E-state index in [1.54, 1.807) is 11.3 Å². The molecule has 0 bridgehead atoms. The molecule has 1 aromatic heterocycles. The monoisotopic (exact) mass is 308 g/mol. The zero-order chi connectivity index (χ0) is 14.8. The van der Waals surface area contributed by atoms with E-state index in [4.69, 9.17) is 4.98 Å². The number of anilines is 1. The summed E-state index contributed by atoms with van der Waals surface area (Å²) in [4.78, 5) is 19.6. The van der Waals surface area contributed by atoms with Crippen LogP contribution in [0.25, 0.3) is 0 Å². The first kappa shape index (κ1) is 14.8. The maximum Gasteiger partial charge on any atom is 0.312 e. The summed E-state index contributed by atoms with van der Waals surface area (Å²) in [7, 11) is 0. The number of aryl methyl sites for hydroxylation is 1. The van der Waals surface area contributed by atoms with Gasteiger partial charge in [-0.25, -0.2) is 4.98 Å². The van der Waals surface area contributed by atoms with E-state index >= 15 is 0 Å². The molecule has 1 fully saturated rings. The third-order valence-corrected chi connectivity index (χ3v) is 6.01. The molecular formula is C16H24N2O2S. The third-order valence-electron chi connectivity index (χ3n) is 4.82. The number of fused-ring (bicyclic) bond motifs is 1. The second-order valence-electron chi connectivity index (χ2n) is 6.31. The van der Waals surface area contributed by atoms with Crippen LogP contribution in [0, 0.1) is 5.92 Å². The summed E-state index contributed by atoms with van der Waals surface area (Å²) >= 11 is 1.72. The van der Waals surface area contributed by atoms with Crippen LogP contribution < -0.4 is 4.90 Å². The van der Waals surface area contributed by atoms with Crippen LogP contribution in [0.1, 0.15) is 61.9 Å². The van der Waals surface area contributed by atoms with E-state index in [0.29, 0.717) is 0 Å². The number of carbonyl (C=O) groups is 1. The van der Waals surface area contributed by atoms with Gasteiger partial charge in [0, 0.05) is 18.0 Å². The molecule has 4 nitrogen and oxygen atoms in total. The summed E-state index contributed by atoms with van der Waals surface area (Å²) in [6.07, 6.45) is 8.03. The Bertz CT molecular complexity index is 514. The standard InChI is InChI=1S/C16H24N2O2S/c1-2-4-11-5-3-9-18(10-8-11)16-17-14-12(15(19)20)6-7-13(14)21-16/h11-12H,2-10H2,1H3,(H,19,20). The van der Waals surface area contributed by atoms with Crippen molar-refractivity contribution < 1.29 is 9.90 Å². The maximum atomic E-state index is 11.3. The molecule has 2 aliphatic rings. The molecule has 1 aromatic rings. The number of hydrogen-bond acceptors (Lipinski definition) is 4. The molecule has 0 radical (unpaired) electrons. The van der Waals surface area contributed by atoms with Crippen molar-refractivity contribution in [2.24, 2.45) is 5.92 Å². The van der Waals surface area contributed by atoms with Crippen molar-refractivity contribution in [1.82, 2.24) is 4.98 Å². The largest absolute Gasteiger partial charge is 0.481 e. The molecule has 0 amide bonds. The van der Waals surface area contributed by atoms with Gasteiger partial charge in [-0.1, -0.05) is 19.8 Å². The van der Waals surface area contributed by atoms with E-state index in [1.807, 2.05) is 0 Å². The second kappa shape index (κ2) is 6.34. The van der Waals surface area contributed by atoms with Crippen LogP contribution in [-0.4, -0.2) is 29.1 Å². The minimum absolute atomic E-state index is 0.371. The summed E-state index contributed by atoms with van der Waals surface area (Å²) in [6.45, 7) is 4.42. The number of rotatable bonds is 4. The molecule has 5 heteroatoms. The number of aliphatic carboxylic acids is 1. The normalized spacial score (nSPS) is 25.7. The molecule has 116 valence electrons. The van der Waals surface area contributed by atoms with Crippen molar-refractivity contribution in [2.75, 3.05) is 18.0 Å². The van der Waals surface area contributed by atoms with Gasteiger partial charge < -0.3 is 10.0 Å². The molecule has 1 aliphatic carbocycles. The van der Waals surface area contributed by atoms with Crippen LogP contribution in [0.15, 0.2) is 0 Å². The number of thiazole rings is 1. The lowest BCUT2D eigenvalue weighted by Crippen LogP contribution is -2.24. The van der Waals surface area contributed by atoms with Crippen molar-refractivity contribution in [3.8, 4) is 0 Å². The quantitative estimate of drug-likeness (QED) is 0.922. The molecule has 1 saturated heterocycles. The van der Waals surface area contributed by atoms with Gasteiger partial charge in [0.15, 0.2) is 5.13 Å². The minimum atomic E-state index is -0.718. The molecule has 0 saturated carbocycles. The molecule has 21 heavy (non-hydrogen) atoms. The lowest BCUT2D eigenvalue weighted by atomic mass is 9.96. The predicted octanol–water partition coefficient (Wildman–Crippen LogP) is 3.66. The van der Waals surface area contributed by atoms with Crippen molar-refractivity contribution in [2.45, 2.75) is 57.8 Å². The number of aromatic nitrogens is 1. The van der Waals surface area contributed by atoms with Crippen LogP contribution >= 0.6 is 11.3 Å². The van der Waals surface area contributed by atoms with Gasteiger partial charge in [-0.2, -0.15) is 0 Å². The molecule has 1 aliphatic heterocycles.